The minimum absolute atomic E-state index is 0.00827. The highest BCUT2D eigenvalue weighted by molar-refractivity contribution is 5.77. The topological polar surface area (TPSA) is 84.9 Å². The van der Waals surface area contributed by atoms with Crippen molar-refractivity contribution in [2.45, 2.75) is 44.2 Å². The molecule has 1 aliphatic carbocycles. The Morgan fingerprint density at radius 2 is 1.91 bits per heavy atom. The summed E-state index contributed by atoms with van der Waals surface area (Å²) in [6, 6.07) is 7.30. The SMILES string of the molecule is CO[C@@H](Cc1ccc(OCC(=O)NC2CCCC2)cc1)C(=O)O. The molecule has 0 spiro atoms. The number of rotatable bonds is 8. The zero-order valence-corrected chi connectivity index (χ0v) is 13.3. The van der Waals surface area contributed by atoms with Crippen LogP contribution in [0, 0.1) is 0 Å². The van der Waals surface area contributed by atoms with Gasteiger partial charge in [0.15, 0.2) is 12.7 Å². The van der Waals surface area contributed by atoms with Crippen molar-refractivity contribution in [1.82, 2.24) is 5.32 Å². The van der Waals surface area contributed by atoms with Gasteiger partial charge in [-0.25, -0.2) is 4.79 Å². The predicted molar refractivity (Wildman–Crippen MR) is 84.5 cm³/mol. The second-order valence-corrected chi connectivity index (χ2v) is 5.75. The highest BCUT2D eigenvalue weighted by atomic mass is 16.5. The van der Waals surface area contributed by atoms with E-state index in [1.165, 1.54) is 20.0 Å². The number of hydrogen-bond donors (Lipinski definition) is 2. The van der Waals surface area contributed by atoms with Gasteiger partial charge in [0, 0.05) is 19.6 Å². The van der Waals surface area contributed by atoms with Crippen LogP contribution < -0.4 is 10.1 Å². The van der Waals surface area contributed by atoms with Crippen molar-refractivity contribution in [2.75, 3.05) is 13.7 Å². The summed E-state index contributed by atoms with van der Waals surface area (Å²) in [6.45, 7) is -0.00827. The van der Waals surface area contributed by atoms with Crippen molar-refractivity contribution in [2.24, 2.45) is 0 Å². The van der Waals surface area contributed by atoms with Crippen molar-refractivity contribution in [1.29, 1.82) is 0 Å². The maximum Gasteiger partial charge on any atom is 0.333 e. The number of hydrogen-bond acceptors (Lipinski definition) is 4. The fourth-order valence-corrected chi connectivity index (χ4v) is 2.70. The van der Waals surface area contributed by atoms with E-state index in [0.29, 0.717) is 5.75 Å². The van der Waals surface area contributed by atoms with Gasteiger partial charge >= 0.3 is 5.97 Å². The monoisotopic (exact) mass is 321 g/mol. The van der Waals surface area contributed by atoms with Crippen LogP contribution >= 0.6 is 0 Å². The molecule has 1 amide bonds. The zero-order chi connectivity index (χ0) is 16.7. The standard InChI is InChI=1S/C17H23NO5/c1-22-15(17(20)21)10-12-6-8-14(9-7-12)23-11-16(19)18-13-4-2-3-5-13/h6-9,13,15H,2-5,10-11H2,1H3,(H,18,19)(H,20,21)/t15-/m0/s1. The summed E-state index contributed by atoms with van der Waals surface area (Å²) in [5.41, 5.74) is 0.835. The molecule has 6 heteroatoms. The van der Waals surface area contributed by atoms with Crippen LogP contribution in [0.5, 0.6) is 5.75 Å². The number of benzene rings is 1. The maximum absolute atomic E-state index is 11.8. The van der Waals surface area contributed by atoms with E-state index < -0.39 is 12.1 Å². The molecule has 23 heavy (non-hydrogen) atoms. The van der Waals surface area contributed by atoms with E-state index in [0.717, 1.165) is 18.4 Å². The van der Waals surface area contributed by atoms with E-state index in [1.54, 1.807) is 24.3 Å². The van der Waals surface area contributed by atoms with Crippen molar-refractivity contribution >= 4 is 11.9 Å². The van der Waals surface area contributed by atoms with Crippen LogP contribution in [0.2, 0.25) is 0 Å². The molecule has 0 aliphatic heterocycles. The summed E-state index contributed by atoms with van der Waals surface area (Å²) in [4.78, 5) is 22.7. The van der Waals surface area contributed by atoms with Gasteiger partial charge in [0.25, 0.3) is 5.91 Å². The molecule has 0 radical (unpaired) electrons. The van der Waals surface area contributed by atoms with Gasteiger partial charge in [-0.1, -0.05) is 25.0 Å². The number of carboxylic acids is 1. The lowest BCUT2D eigenvalue weighted by molar-refractivity contribution is -0.148. The Morgan fingerprint density at radius 3 is 2.48 bits per heavy atom. The van der Waals surface area contributed by atoms with Gasteiger partial charge in [0.2, 0.25) is 0 Å². The van der Waals surface area contributed by atoms with Crippen molar-refractivity contribution in [3.05, 3.63) is 29.8 Å². The number of amides is 1. The van der Waals surface area contributed by atoms with E-state index in [-0.39, 0.29) is 25.0 Å². The van der Waals surface area contributed by atoms with Gasteiger partial charge in [0.1, 0.15) is 5.75 Å². The molecule has 1 aromatic rings. The molecule has 1 atom stereocenters. The first-order valence-electron chi connectivity index (χ1n) is 7.85. The molecular formula is C17H23NO5. The Kier molecular flexibility index (Phi) is 6.40. The molecule has 0 aromatic heterocycles. The van der Waals surface area contributed by atoms with Gasteiger partial charge in [-0.15, -0.1) is 0 Å². The van der Waals surface area contributed by atoms with Crippen LogP contribution in [-0.2, 0) is 20.7 Å². The van der Waals surface area contributed by atoms with Gasteiger partial charge in [-0.05, 0) is 30.5 Å². The highest BCUT2D eigenvalue weighted by Crippen LogP contribution is 2.18. The zero-order valence-electron chi connectivity index (χ0n) is 13.3. The number of carboxylic acid groups (broad SMARTS) is 1. The van der Waals surface area contributed by atoms with Gasteiger partial charge in [0.05, 0.1) is 0 Å². The molecule has 0 heterocycles. The fourth-order valence-electron chi connectivity index (χ4n) is 2.70. The number of nitrogens with one attached hydrogen (secondary N) is 1. The first-order valence-corrected chi connectivity index (χ1v) is 7.85. The molecule has 0 bridgehead atoms. The number of ether oxygens (including phenoxy) is 2. The van der Waals surface area contributed by atoms with Gasteiger partial charge < -0.3 is 19.9 Å². The summed E-state index contributed by atoms with van der Waals surface area (Å²) in [5, 5.41) is 11.9. The third-order valence-corrected chi connectivity index (χ3v) is 3.99. The van der Waals surface area contributed by atoms with Gasteiger partial charge in [-0.2, -0.15) is 0 Å². The molecule has 2 N–H and O–H groups in total. The highest BCUT2D eigenvalue weighted by Gasteiger charge is 2.18. The second kappa shape index (κ2) is 8.53. The van der Waals surface area contributed by atoms with E-state index >= 15 is 0 Å². The summed E-state index contributed by atoms with van der Waals surface area (Å²) in [7, 11) is 1.37. The Labute approximate surface area is 135 Å². The minimum Gasteiger partial charge on any atom is -0.484 e. The molecule has 1 fully saturated rings. The lowest BCUT2D eigenvalue weighted by Gasteiger charge is -2.13. The quantitative estimate of drug-likeness (QED) is 0.762. The van der Waals surface area contributed by atoms with Crippen LogP contribution in [0.1, 0.15) is 31.2 Å². The van der Waals surface area contributed by atoms with Crippen molar-refractivity contribution in [3.8, 4) is 5.75 Å². The Hall–Kier alpha value is -2.08. The summed E-state index contributed by atoms with van der Waals surface area (Å²) in [5.74, 6) is -0.512. The summed E-state index contributed by atoms with van der Waals surface area (Å²) in [6.07, 6.45) is 3.86. The molecule has 0 unspecified atom stereocenters. The minimum atomic E-state index is -0.989. The molecule has 6 nitrogen and oxygen atoms in total. The van der Waals surface area contributed by atoms with E-state index in [9.17, 15) is 9.59 Å². The predicted octanol–water partition coefficient (Wildman–Crippen LogP) is 1.77. The van der Waals surface area contributed by atoms with Crippen molar-refractivity contribution in [3.63, 3.8) is 0 Å². The van der Waals surface area contributed by atoms with Crippen LogP contribution in [-0.4, -0.2) is 42.8 Å². The average molecular weight is 321 g/mol. The molecule has 2 rings (SSSR count). The summed E-state index contributed by atoms with van der Waals surface area (Å²) < 4.78 is 10.4. The molecule has 1 aliphatic rings. The third kappa shape index (κ3) is 5.56. The number of aliphatic carboxylic acids is 1. The molecule has 1 saturated carbocycles. The Morgan fingerprint density at radius 1 is 1.26 bits per heavy atom. The molecule has 126 valence electrons. The number of methoxy groups -OCH3 is 1. The molecular weight excluding hydrogens is 298 g/mol. The fraction of sp³-hybridized carbons (Fsp3) is 0.529. The van der Waals surface area contributed by atoms with E-state index in [2.05, 4.69) is 5.32 Å². The second-order valence-electron chi connectivity index (χ2n) is 5.75. The number of carbonyl (C=O) groups is 2. The molecule has 0 saturated heterocycles. The lowest BCUT2D eigenvalue weighted by Crippen LogP contribution is -2.36. The van der Waals surface area contributed by atoms with Crippen LogP contribution in [0.15, 0.2) is 24.3 Å². The van der Waals surface area contributed by atoms with E-state index in [4.69, 9.17) is 14.6 Å². The Balaban J connectivity index is 1.78. The number of carbonyl (C=O) groups excluding carboxylic acids is 1. The first-order chi connectivity index (χ1) is 11.1. The lowest BCUT2D eigenvalue weighted by atomic mass is 10.1. The van der Waals surface area contributed by atoms with Crippen LogP contribution in [0.4, 0.5) is 0 Å². The largest absolute Gasteiger partial charge is 0.484 e. The Bertz CT molecular complexity index is 522. The first kappa shape index (κ1) is 17.3. The summed E-state index contributed by atoms with van der Waals surface area (Å²) >= 11 is 0. The van der Waals surface area contributed by atoms with E-state index in [1.807, 2.05) is 0 Å². The average Bonchev–Trinajstić information content (AvgIpc) is 3.04. The smallest absolute Gasteiger partial charge is 0.333 e. The normalized spacial score (nSPS) is 16.0. The van der Waals surface area contributed by atoms with Gasteiger partial charge in [-0.3, -0.25) is 4.79 Å². The molecule has 1 aromatic carbocycles. The third-order valence-electron chi connectivity index (χ3n) is 3.99. The van der Waals surface area contributed by atoms with Crippen molar-refractivity contribution < 1.29 is 24.2 Å². The maximum atomic E-state index is 11.8. The van der Waals surface area contributed by atoms with Crippen LogP contribution in [0.3, 0.4) is 0 Å². The van der Waals surface area contributed by atoms with Crippen LogP contribution in [0.25, 0.3) is 0 Å².